The average Bonchev–Trinajstić information content (AvgIpc) is 2.53. The molecule has 6 heteroatoms. The summed E-state index contributed by atoms with van der Waals surface area (Å²) in [6.45, 7) is 3.90. The molecule has 0 aliphatic carbocycles. The molecule has 1 atom stereocenters. The molecule has 0 spiro atoms. The van der Waals surface area contributed by atoms with E-state index >= 15 is 0 Å². The van der Waals surface area contributed by atoms with E-state index in [-0.39, 0.29) is 12.0 Å². The van der Waals surface area contributed by atoms with Crippen LogP contribution in [0.1, 0.15) is 19.8 Å². The van der Waals surface area contributed by atoms with Crippen LogP contribution in [0.5, 0.6) is 5.75 Å². The number of piperidine rings is 1. The van der Waals surface area contributed by atoms with Gasteiger partial charge in [-0.3, -0.25) is 4.79 Å². The molecule has 1 saturated heterocycles. The molecule has 1 heterocycles. The molecular formula is C16H23ClN2O3. The number of ether oxygens (including phenoxy) is 2. The van der Waals surface area contributed by atoms with Crippen molar-refractivity contribution in [2.75, 3.05) is 26.7 Å². The molecule has 1 aromatic carbocycles. The third kappa shape index (κ3) is 4.35. The van der Waals surface area contributed by atoms with Gasteiger partial charge in [0.25, 0.3) is 5.91 Å². The third-order valence-corrected chi connectivity index (χ3v) is 4.13. The summed E-state index contributed by atoms with van der Waals surface area (Å²) < 4.78 is 11.2. The first kappa shape index (κ1) is 17.1. The standard InChI is InChI=1S/C16H23ClN2O3/c1-12(22-14-5-3-4-13(17)10-14)11-19-15(20)16(21-2)6-8-18-9-7-16/h3-5,10,12,18H,6-9,11H2,1-2H3,(H,19,20). The van der Waals surface area contributed by atoms with E-state index in [0.717, 1.165) is 13.1 Å². The van der Waals surface area contributed by atoms with Gasteiger partial charge in [0.15, 0.2) is 0 Å². The monoisotopic (exact) mass is 326 g/mol. The van der Waals surface area contributed by atoms with Crippen LogP contribution in [0.3, 0.4) is 0 Å². The van der Waals surface area contributed by atoms with Gasteiger partial charge in [-0.05, 0) is 51.1 Å². The van der Waals surface area contributed by atoms with Gasteiger partial charge in [0.05, 0.1) is 6.54 Å². The Hall–Kier alpha value is -1.30. The largest absolute Gasteiger partial charge is 0.489 e. The summed E-state index contributed by atoms with van der Waals surface area (Å²) in [6.07, 6.45) is 1.20. The number of rotatable bonds is 6. The molecule has 22 heavy (non-hydrogen) atoms. The molecule has 5 nitrogen and oxygen atoms in total. The second-order valence-electron chi connectivity index (χ2n) is 5.54. The molecule has 2 rings (SSSR count). The van der Waals surface area contributed by atoms with Crippen molar-refractivity contribution in [1.29, 1.82) is 0 Å². The molecule has 1 aromatic rings. The molecule has 1 amide bonds. The fourth-order valence-corrected chi connectivity index (χ4v) is 2.75. The summed E-state index contributed by atoms with van der Waals surface area (Å²) in [5, 5.41) is 6.79. The molecule has 1 fully saturated rings. The van der Waals surface area contributed by atoms with Crippen LogP contribution in [0, 0.1) is 0 Å². The quantitative estimate of drug-likeness (QED) is 0.839. The lowest BCUT2D eigenvalue weighted by Gasteiger charge is -2.35. The topological polar surface area (TPSA) is 59.6 Å². The first-order valence-corrected chi connectivity index (χ1v) is 7.90. The van der Waals surface area contributed by atoms with E-state index in [4.69, 9.17) is 21.1 Å². The van der Waals surface area contributed by atoms with Gasteiger partial charge < -0.3 is 20.1 Å². The molecule has 122 valence electrons. The number of carbonyl (C=O) groups excluding carboxylic acids is 1. The predicted octanol–water partition coefficient (Wildman–Crippen LogP) is 1.99. The lowest BCUT2D eigenvalue weighted by atomic mass is 9.91. The molecule has 0 bridgehead atoms. The van der Waals surface area contributed by atoms with E-state index < -0.39 is 5.60 Å². The first-order valence-electron chi connectivity index (χ1n) is 7.52. The fraction of sp³-hybridized carbons (Fsp3) is 0.562. The van der Waals surface area contributed by atoms with Gasteiger partial charge in [-0.2, -0.15) is 0 Å². The predicted molar refractivity (Wildman–Crippen MR) is 86.4 cm³/mol. The van der Waals surface area contributed by atoms with Crippen molar-refractivity contribution in [3.63, 3.8) is 0 Å². The maximum atomic E-state index is 12.4. The van der Waals surface area contributed by atoms with Gasteiger partial charge >= 0.3 is 0 Å². The minimum Gasteiger partial charge on any atom is -0.489 e. The molecule has 1 aliphatic rings. The zero-order chi connectivity index (χ0) is 16.0. The van der Waals surface area contributed by atoms with Crippen molar-refractivity contribution in [3.8, 4) is 5.75 Å². The number of hydrogen-bond acceptors (Lipinski definition) is 4. The summed E-state index contributed by atoms with van der Waals surface area (Å²) in [6, 6.07) is 7.22. The second kappa shape index (κ2) is 7.81. The highest BCUT2D eigenvalue weighted by Gasteiger charge is 2.39. The average molecular weight is 327 g/mol. The summed E-state index contributed by atoms with van der Waals surface area (Å²) in [7, 11) is 1.59. The van der Waals surface area contributed by atoms with Crippen LogP contribution >= 0.6 is 11.6 Å². The maximum absolute atomic E-state index is 12.4. The zero-order valence-electron chi connectivity index (χ0n) is 13.0. The van der Waals surface area contributed by atoms with E-state index in [9.17, 15) is 4.79 Å². The Morgan fingerprint density at radius 2 is 2.18 bits per heavy atom. The number of methoxy groups -OCH3 is 1. The van der Waals surface area contributed by atoms with Crippen LogP contribution in [-0.4, -0.2) is 44.4 Å². The van der Waals surface area contributed by atoms with Crippen molar-refractivity contribution in [3.05, 3.63) is 29.3 Å². The number of carbonyl (C=O) groups is 1. The van der Waals surface area contributed by atoms with E-state index in [2.05, 4.69) is 10.6 Å². The molecular weight excluding hydrogens is 304 g/mol. The molecule has 0 radical (unpaired) electrons. The van der Waals surface area contributed by atoms with Crippen molar-refractivity contribution in [2.45, 2.75) is 31.5 Å². The molecule has 1 aliphatic heterocycles. The Bertz CT molecular complexity index is 504. The summed E-state index contributed by atoms with van der Waals surface area (Å²) in [5.41, 5.74) is -0.721. The Balaban J connectivity index is 1.84. The SMILES string of the molecule is COC1(C(=O)NCC(C)Oc2cccc(Cl)c2)CCNCC1. The molecule has 1 unspecified atom stereocenters. The van der Waals surface area contributed by atoms with Crippen molar-refractivity contribution in [2.24, 2.45) is 0 Å². The lowest BCUT2D eigenvalue weighted by molar-refractivity contribution is -0.147. The Morgan fingerprint density at radius 3 is 2.82 bits per heavy atom. The van der Waals surface area contributed by atoms with Crippen LogP contribution in [0.2, 0.25) is 5.02 Å². The van der Waals surface area contributed by atoms with Crippen molar-refractivity contribution in [1.82, 2.24) is 10.6 Å². The van der Waals surface area contributed by atoms with Gasteiger partial charge in [-0.25, -0.2) is 0 Å². The third-order valence-electron chi connectivity index (χ3n) is 3.90. The number of halogens is 1. The highest BCUT2D eigenvalue weighted by atomic mass is 35.5. The van der Waals surface area contributed by atoms with Crippen molar-refractivity contribution >= 4 is 17.5 Å². The number of hydrogen-bond donors (Lipinski definition) is 2. The zero-order valence-corrected chi connectivity index (χ0v) is 13.8. The fourth-order valence-electron chi connectivity index (χ4n) is 2.57. The highest BCUT2D eigenvalue weighted by Crippen LogP contribution is 2.22. The highest BCUT2D eigenvalue weighted by molar-refractivity contribution is 6.30. The van der Waals surface area contributed by atoms with E-state index in [1.165, 1.54) is 0 Å². The second-order valence-corrected chi connectivity index (χ2v) is 5.98. The molecule has 0 aromatic heterocycles. The van der Waals surface area contributed by atoms with Crippen molar-refractivity contribution < 1.29 is 14.3 Å². The van der Waals surface area contributed by atoms with Crippen LogP contribution in [0.25, 0.3) is 0 Å². The molecule has 0 saturated carbocycles. The Labute approximate surface area is 136 Å². The Morgan fingerprint density at radius 1 is 1.45 bits per heavy atom. The molecule has 2 N–H and O–H groups in total. The number of benzene rings is 1. The number of nitrogens with one attached hydrogen (secondary N) is 2. The van der Waals surface area contributed by atoms with E-state index in [1.54, 1.807) is 19.2 Å². The smallest absolute Gasteiger partial charge is 0.252 e. The maximum Gasteiger partial charge on any atom is 0.252 e. The van der Waals surface area contributed by atoms with Gasteiger partial charge in [0.2, 0.25) is 0 Å². The minimum atomic E-state index is -0.721. The van der Waals surface area contributed by atoms with Gasteiger partial charge in [0.1, 0.15) is 17.5 Å². The van der Waals surface area contributed by atoms with Crippen LogP contribution in [0.4, 0.5) is 0 Å². The van der Waals surface area contributed by atoms with Crippen LogP contribution in [-0.2, 0) is 9.53 Å². The van der Waals surface area contributed by atoms with Gasteiger partial charge in [-0.15, -0.1) is 0 Å². The summed E-state index contributed by atoms with van der Waals surface area (Å²) in [5.74, 6) is 0.621. The normalized spacial score (nSPS) is 18.5. The van der Waals surface area contributed by atoms with E-state index in [0.29, 0.717) is 30.2 Å². The first-order chi connectivity index (χ1) is 10.6. The van der Waals surface area contributed by atoms with Crippen LogP contribution < -0.4 is 15.4 Å². The summed E-state index contributed by atoms with van der Waals surface area (Å²) in [4.78, 5) is 12.4. The lowest BCUT2D eigenvalue weighted by Crippen LogP contribution is -2.55. The summed E-state index contributed by atoms with van der Waals surface area (Å²) >= 11 is 5.92. The Kier molecular flexibility index (Phi) is 6.06. The van der Waals surface area contributed by atoms with Crippen LogP contribution in [0.15, 0.2) is 24.3 Å². The van der Waals surface area contributed by atoms with E-state index in [1.807, 2.05) is 19.1 Å². The van der Waals surface area contributed by atoms with Gasteiger partial charge in [0, 0.05) is 12.1 Å². The van der Waals surface area contributed by atoms with Gasteiger partial charge in [-0.1, -0.05) is 17.7 Å². The minimum absolute atomic E-state index is 0.0713. The number of amides is 1.